The van der Waals surface area contributed by atoms with Crippen molar-refractivity contribution in [3.8, 4) is 0 Å². The van der Waals surface area contributed by atoms with E-state index in [4.69, 9.17) is 4.74 Å². The maximum Gasteiger partial charge on any atom is 0.306 e. The van der Waals surface area contributed by atoms with Crippen LogP contribution in [0.5, 0.6) is 0 Å². The number of hydrogen-bond acceptors (Lipinski definition) is 5. The molecule has 0 rings (SSSR count). The van der Waals surface area contributed by atoms with Crippen LogP contribution in [0, 0.1) is 0 Å². The Bertz CT molecular complexity index is 455. The lowest BCUT2D eigenvalue weighted by Crippen LogP contribution is -2.29. The Morgan fingerprint density at radius 1 is 0.694 bits per heavy atom. The van der Waals surface area contributed by atoms with E-state index in [1.807, 2.05) is 0 Å². The highest BCUT2D eigenvalue weighted by atomic mass is 16.5. The molecule has 0 amide bonds. The van der Waals surface area contributed by atoms with Crippen molar-refractivity contribution >= 4 is 12.3 Å². The van der Waals surface area contributed by atoms with Crippen molar-refractivity contribution in [2.24, 2.45) is 0 Å². The maximum atomic E-state index is 12.5. The first-order valence-electron chi connectivity index (χ1n) is 15.6. The van der Waals surface area contributed by atoms with Gasteiger partial charge in [0.2, 0.25) is 0 Å². The summed E-state index contributed by atoms with van der Waals surface area (Å²) in [5, 5.41) is 9.21. The van der Waals surface area contributed by atoms with Crippen molar-refractivity contribution in [2.75, 3.05) is 26.2 Å². The van der Waals surface area contributed by atoms with E-state index in [9.17, 15) is 14.7 Å². The topological polar surface area (TPSA) is 66.8 Å². The van der Waals surface area contributed by atoms with Crippen LogP contribution in [-0.4, -0.2) is 54.6 Å². The number of nitrogens with zero attached hydrogens (tertiary/aromatic N) is 1. The molecule has 5 nitrogen and oxygen atoms in total. The van der Waals surface area contributed by atoms with E-state index in [-0.39, 0.29) is 18.7 Å². The molecular formula is C31H61NO4. The Balaban J connectivity index is 4.06. The van der Waals surface area contributed by atoms with E-state index in [0.29, 0.717) is 19.4 Å². The highest BCUT2D eigenvalue weighted by molar-refractivity contribution is 5.69. The molecule has 0 spiro atoms. The number of aldehydes is 1. The molecule has 0 unspecified atom stereocenters. The lowest BCUT2D eigenvalue weighted by atomic mass is 10.0. The maximum absolute atomic E-state index is 12.5. The molecule has 0 fully saturated rings. The van der Waals surface area contributed by atoms with E-state index < -0.39 is 0 Å². The van der Waals surface area contributed by atoms with Crippen molar-refractivity contribution in [3.63, 3.8) is 0 Å². The van der Waals surface area contributed by atoms with Crippen LogP contribution in [0.1, 0.15) is 155 Å². The van der Waals surface area contributed by atoms with E-state index in [1.165, 1.54) is 77.0 Å². The molecule has 0 aromatic heterocycles. The minimum atomic E-state index is 0.00117. The number of aliphatic hydroxyl groups excluding tert-OH is 1. The number of esters is 1. The number of carbonyl (C=O) groups is 2. The van der Waals surface area contributed by atoms with Gasteiger partial charge in [0.05, 0.1) is 6.61 Å². The van der Waals surface area contributed by atoms with Gasteiger partial charge in [-0.2, -0.15) is 0 Å². The van der Waals surface area contributed by atoms with Crippen molar-refractivity contribution in [1.82, 2.24) is 4.90 Å². The molecule has 0 saturated heterocycles. The van der Waals surface area contributed by atoms with Crippen LogP contribution in [0.15, 0.2) is 0 Å². The second-order valence-corrected chi connectivity index (χ2v) is 10.6. The van der Waals surface area contributed by atoms with E-state index in [2.05, 4.69) is 18.7 Å². The molecule has 0 aromatic rings. The third-order valence-corrected chi connectivity index (χ3v) is 7.13. The van der Waals surface area contributed by atoms with E-state index in [0.717, 1.165) is 70.7 Å². The SMILES string of the molecule is CCCCCCCCC(CCCCCCCC)OC(=O)CCCCCCCN(CCO)CCCC=O. The fourth-order valence-corrected chi connectivity index (χ4v) is 4.82. The number of aliphatic hydroxyl groups is 1. The molecule has 0 aliphatic heterocycles. The van der Waals surface area contributed by atoms with Crippen LogP contribution in [0.25, 0.3) is 0 Å². The van der Waals surface area contributed by atoms with Crippen LogP contribution in [0.2, 0.25) is 0 Å². The Morgan fingerprint density at radius 3 is 1.75 bits per heavy atom. The zero-order valence-corrected chi connectivity index (χ0v) is 24.2. The summed E-state index contributed by atoms with van der Waals surface area (Å²) < 4.78 is 5.94. The van der Waals surface area contributed by atoms with Crippen molar-refractivity contribution in [1.29, 1.82) is 0 Å². The van der Waals surface area contributed by atoms with E-state index in [1.54, 1.807) is 0 Å². The third kappa shape index (κ3) is 24.7. The van der Waals surface area contributed by atoms with Crippen LogP contribution < -0.4 is 0 Å². The summed E-state index contributed by atoms with van der Waals surface area (Å²) >= 11 is 0. The predicted molar refractivity (Wildman–Crippen MR) is 152 cm³/mol. The van der Waals surface area contributed by atoms with Gasteiger partial charge in [-0.25, -0.2) is 0 Å². The van der Waals surface area contributed by atoms with E-state index >= 15 is 0 Å². The van der Waals surface area contributed by atoms with Crippen LogP contribution in [0.4, 0.5) is 0 Å². The third-order valence-electron chi connectivity index (χ3n) is 7.13. The largest absolute Gasteiger partial charge is 0.462 e. The molecule has 0 aliphatic carbocycles. The molecule has 5 heteroatoms. The number of rotatable bonds is 29. The van der Waals surface area contributed by atoms with Gasteiger partial charge in [0, 0.05) is 19.4 Å². The number of unbranched alkanes of at least 4 members (excludes halogenated alkanes) is 15. The number of hydrogen-bond donors (Lipinski definition) is 1. The molecule has 36 heavy (non-hydrogen) atoms. The van der Waals surface area contributed by atoms with Gasteiger partial charge in [0.25, 0.3) is 0 Å². The van der Waals surface area contributed by atoms with Crippen molar-refractivity contribution in [3.05, 3.63) is 0 Å². The summed E-state index contributed by atoms with van der Waals surface area (Å²) in [6, 6.07) is 0. The smallest absolute Gasteiger partial charge is 0.306 e. The molecule has 1 N–H and O–H groups in total. The lowest BCUT2D eigenvalue weighted by molar-refractivity contribution is -0.150. The van der Waals surface area contributed by atoms with Crippen LogP contribution in [0.3, 0.4) is 0 Å². The van der Waals surface area contributed by atoms with Gasteiger partial charge < -0.3 is 19.5 Å². The first-order chi connectivity index (χ1) is 17.7. The average Bonchev–Trinajstić information content (AvgIpc) is 2.87. The van der Waals surface area contributed by atoms with Crippen molar-refractivity contribution in [2.45, 2.75) is 161 Å². The molecule has 0 bridgehead atoms. The predicted octanol–water partition coefficient (Wildman–Crippen LogP) is 8.01. The fraction of sp³-hybridized carbons (Fsp3) is 0.935. The molecule has 214 valence electrons. The molecule has 0 aliphatic rings. The number of ether oxygens (including phenoxy) is 1. The molecule has 0 atom stereocenters. The van der Waals surface area contributed by atoms with Crippen LogP contribution >= 0.6 is 0 Å². The Hall–Kier alpha value is -0.940. The second kappa shape index (κ2) is 28.6. The highest BCUT2D eigenvalue weighted by Gasteiger charge is 2.14. The van der Waals surface area contributed by atoms with Crippen LogP contribution in [-0.2, 0) is 14.3 Å². The zero-order chi connectivity index (χ0) is 26.5. The summed E-state index contributed by atoms with van der Waals surface area (Å²) in [5.74, 6) is 0.00117. The highest BCUT2D eigenvalue weighted by Crippen LogP contribution is 2.18. The Morgan fingerprint density at radius 2 is 1.19 bits per heavy atom. The first-order valence-corrected chi connectivity index (χ1v) is 15.6. The molecule has 0 radical (unpaired) electrons. The van der Waals surface area contributed by atoms with Gasteiger partial charge in [0.15, 0.2) is 0 Å². The van der Waals surface area contributed by atoms with Gasteiger partial charge in [-0.1, -0.05) is 97.3 Å². The minimum absolute atomic E-state index is 0.00117. The minimum Gasteiger partial charge on any atom is -0.462 e. The lowest BCUT2D eigenvalue weighted by Gasteiger charge is -2.20. The Labute approximate surface area is 224 Å². The molecule has 0 aromatic carbocycles. The summed E-state index contributed by atoms with van der Waals surface area (Å²) in [7, 11) is 0. The average molecular weight is 512 g/mol. The molecule has 0 heterocycles. The summed E-state index contributed by atoms with van der Waals surface area (Å²) in [5.41, 5.74) is 0. The summed E-state index contributed by atoms with van der Waals surface area (Å²) in [6.45, 7) is 7.21. The monoisotopic (exact) mass is 511 g/mol. The standard InChI is InChI=1S/C31H61NO4/c1-3-5-7-9-12-16-22-30(23-17-13-10-8-6-4-2)36-31(35)24-18-14-11-15-19-25-32(27-29-34)26-20-21-28-33/h28,30,34H,3-27,29H2,1-2H3. The van der Waals surface area contributed by atoms with Gasteiger partial charge in [-0.15, -0.1) is 0 Å². The van der Waals surface area contributed by atoms with Crippen molar-refractivity contribution < 1.29 is 19.4 Å². The summed E-state index contributed by atoms with van der Waals surface area (Å²) in [6.07, 6.45) is 25.9. The second-order valence-electron chi connectivity index (χ2n) is 10.6. The van der Waals surface area contributed by atoms with Gasteiger partial charge in [-0.05, 0) is 58.0 Å². The summed E-state index contributed by atoms with van der Waals surface area (Å²) in [4.78, 5) is 25.2. The Kier molecular flexibility index (Phi) is 27.9. The normalized spacial score (nSPS) is 11.5. The number of carbonyl (C=O) groups excluding carboxylic acids is 2. The van der Waals surface area contributed by atoms with Gasteiger partial charge in [-0.3, -0.25) is 4.79 Å². The first kappa shape index (κ1) is 35.1. The quantitative estimate of drug-likeness (QED) is 0.0625. The van der Waals surface area contributed by atoms with Gasteiger partial charge >= 0.3 is 5.97 Å². The zero-order valence-electron chi connectivity index (χ0n) is 24.2. The fourth-order valence-electron chi connectivity index (χ4n) is 4.82. The molecular weight excluding hydrogens is 450 g/mol. The molecule has 0 saturated carbocycles. The van der Waals surface area contributed by atoms with Gasteiger partial charge in [0.1, 0.15) is 12.4 Å².